The van der Waals surface area contributed by atoms with E-state index in [0.717, 1.165) is 47.4 Å². The number of rotatable bonds is 7. The second kappa shape index (κ2) is 11.5. The summed E-state index contributed by atoms with van der Waals surface area (Å²) in [5, 5.41) is 6.27. The molecule has 5 rings (SSSR count). The monoisotopic (exact) mass is 528 g/mol. The Morgan fingerprint density at radius 3 is 2.23 bits per heavy atom. The van der Waals surface area contributed by atoms with Crippen LogP contribution in [0.25, 0.3) is 6.08 Å². The minimum Gasteiger partial charge on any atom is -0.497 e. The van der Waals surface area contributed by atoms with E-state index in [1.807, 2.05) is 48.5 Å². The molecule has 0 aromatic heterocycles. The van der Waals surface area contributed by atoms with Gasteiger partial charge in [-0.25, -0.2) is 14.2 Å². The summed E-state index contributed by atoms with van der Waals surface area (Å²) in [5.41, 5.74) is 4.06. The van der Waals surface area contributed by atoms with Crippen LogP contribution >= 0.6 is 0 Å². The molecule has 39 heavy (non-hydrogen) atoms. The van der Waals surface area contributed by atoms with Gasteiger partial charge in [0.2, 0.25) is 0 Å². The first-order valence-electron chi connectivity index (χ1n) is 12.8. The van der Waals surface area contributed by atoms with Crippen molar-refractivity contribution >= 4 is 23.7 Å². The first-order chi connectivity index (χ1) is 19.0. The molecule has 0 saturated heterocycles. The Balaban J connectivity index is 1.43. The van der Waals surface area contributed by atoms with Crippen LogP contribution in [0.2, 0.25) is 0 Å². The lowest BCUT2D eigenvalue weighted by Crippen LogP contribution is -2.34. The third-order valence-corrected chi connectivity index (χ3v) is 7.08. The van der Waals surface area contributed by atoms with Crippen molar-refractivity contribution in [1.29, 1.82) is 0 Å². The van der Waals surface area contributed by atoms with Gasteiger partial charge in [-0.15, -0.1) is 0 Å². The zero-order chi connectivity index (χ0) is 27.4. The predicted molar refractivity (Wildman–Crippen MR) is 145 cm³/mol. The van der Waals surface area contributed by atoms with Gasteiger partial charge in [0.25, 0.3) is 5.91 Å². The number of hydrogen-bond donors (Lipinski definition) is 0. The van der Waals surface area contributed by atoms with Gasteiger partial charge < -0.3 is 14.2 Å². The number of fused-ring (bicyclic) bond motifs is 1. The van der Waals surface area contributed by atoms with Crippen molar-refractivity contribution in [1.82, 2.24) is 5.01 Å². The SMILES string of the molecule is COc1ccc(C=C2CCCC3C2=NN(C(=O)COC(=O)c2ccc(F)cc2)C3c2ccc(OC)cc2)cc1. The summed E-state index contributed by atoms with van der Waals surface area (Å²) in [7, 11) is 3.24. The minimum atomic E-state index is -0.700. The van der Waals surface area contributed by atoms with E-state index in [1.54, 1.807) is 14.2 Å². The van der Waals surface area contributed by atoms with E-state index in [1.165, 1.54) is 29.3 Å². The van der Waals surface area contributed by atoms with Gasteiger partial charge in [0, 0.05) is 5.92 Å². The van der Waals surface area contributed by atoms with Gasteiger partial charge in [0.05, 0.1) is 31.5 Å². The summed E-state index contributed by atoms with van der Waals surface area (Å²) in [5.74, 6) is -0.103. The molecule has 8 heteroatoms. The Bertz CT molecular complexity index is 1400. The molecule has 0 bridgehead atoms. The number of benzene rings is 3. The van der Waals surface area contributed by atoms with E-state index in [2.05, 4.69) is 6.08 Å². The van der Waals surface area contributed by atoms with Crippen LogP contribution in [0.4, 0.5) is 4.39 Å². The van der Waals surface area contributed by atoms with E-state index >= 15 is 0 Å². The molecule has 0 spiro atoms. The van der Waals surface area contributed by atoms with Crippen LogP contribution in [-0.4, -0.2) is 43.4 Å². The molecule has 0 radical (unpaired) electrons. The van der Waals surface area contributed by atoms with Gasteiger partial charge in [0.15, 0.2) is 6.61 Å². The summed E-state index contributed by atoms with van der Waals surface area (Å²) in [6, 6.07) is 20.1. The van der Waals surface area contributed by atoms with Crippen molar-refractivity contribution in [3.8, 4) is 11.5 Å². The Kier molecular flexibility index (Phi) is 7.72. The molecule has 2 atom stereocenters. The molecule has 1 heterocycles. The quantitative estimate of drug-likeness (QED) is 0.361. The maximum Gasteiger partial charge on any atom is 0.338 e. The molecular formula is C31H29FN2O5. The number of allylic oxidation sites excluding steroid dienone is 1. The van der Waals surface area contributed by atoms with Gasteiger partial charge in [-0.2, -0.15) is 5.10 Å². The van der Waals surface area contributed by atoms with Crippen molar-refractivity contribution in [3.05, 3.63) is 101 Å². The number of hydrogen-bond acceptors (Lipinski definition) is 6. The van der Waals surface area contributed by atoms with Crippen molar-refractivity contribution < 1.29 is 28.2 Å². The first kappa shape index (κ1) is 26.2. The van der Waals surface area contributed by atoms with Crippen LogP contribution in [0.5, 0.6) is 11.5 Å². The number of halogens is 1. The van der Waals surface area contributed by atoms with Crippen LogP contribution in [0.3, 0.4) is 0 Å². The highest BCUT2D eigenvalue weighted by Gasteiger charge is 2.43. The Labute approximate surface area is 226 Å². The molecule has 1 amide bonds. The standard InChI is InChI=1S/C31H29FN2O5/c1-37-25-14-6-20(7-15-25)18-23-4-3-5-27-29(23)33-34(30(27)21-10-16-26(38-2)17-11-21)28(35)19-39-31(36)22-8-12-24(32)13-9-22/h6-18,27,30H,3-5,19H2,1-2H3. The Hall–Kier alpha value is -4.46. The number of carbonyl (C=O) groups is 2. The number of carbonyl (C=O) groups excluding carboxylic acids is 2. The van der Waals surface area contributed by atoms with Crippen LogP contribution < -0.4 is 9.47 Å². The van der Waals surface area contributed by atoms with Crippen molar-refractivity contribution in [3.63, 3.8) is 0 Å². The molecule has 0 N–H and O–H groups in total. The molecule has 1 aliphatic heterocycles. The zero-order valence-electron chi connectivity index (χ0n) is 21.8. The molecule has 2 unspecified atom stereocenters. The summed E-state index contributed by atoms with van der Waals surface area (Å²) >= 11 is 0. The van der Waals surface area contributed by atoms with Gasteiger partial charge in [-0.1, -0.05) is 24.3 Å². The molecule has 2 aliphatic rings. The van der Waals surface area contributed by atoms with E-state index in [9.17, 15) is 14.0 Å². The molecule has 1 aliphatic carbocycles. The second-order valence-electron chi connectivity index (χ2n) is 9.47. The number of methoxy groups -OCH3 is 2. The number of ether oxygens (including phenoxy) is 3. The number of esters is 1. The van der Waals surface area contributed by atoms with Crippen LogP contribution in [0.1, 0.15) is 46.8 Å². The molecular weight excluding hydrogens is 499 g/mol. The normalized spacial score (nSPS) is 19.3. The highest BCUT2D eigenvalue weighted by Crippen LogP contribution is 2.44. The average Bonchev–Trinajstić information content (AvgIpc) is 3.37. The van der Waals surface area contributed by atoms with Gasteiger partial charge in [-0.05, 0) is 90.6 Å². The zero-order valence-corrected chi connectivity index (χ0v) is 21.8. The third-order valence-electron chi connectivity index (χ3n) is 7.08. The number of hydrazone groups is 1. The van der Waals surface area contributed by atoms with E-state index in [-0.39, 0.29) is 17.5 Å². The molecule has 7 nitrogen and oxygen atoms in total. The van der Waals surface area contributed by atoms with E-state index < -0.39 is 24.3 Å². The lowest BCUT2D eigenvalue weighted by Gasteiger charge is -2.29. The Morgan fingerprint density at radius 2 is 1.59 bits per heavy atom. The molecule has 3 aromatic carbocycles. The van der Waals surface area contributed by atoms with Crippen molar-refractivity contribution in [2.75, 3.05) is 20.8 Å². The largest absolute Gasteiger partial charge is 0.497 e. The average molecular weight is 529 g/mol. The maximum atomic E-state index is 13.4. The lowest BCUT2D eigenvalue weighted by atomic mass is 9.77. The van der Waals surface area contributed by atoms with Crippen molar-refractivity contribution in [2.24, 2.45) is 11.0 Å². The first-order valence-corrected chi connectivity index (χ1v) is 12.8. The van der Waals surface area contributed by atoms with E-state index in [0.29, 0.717) is 5.75 Å². The fraction of sp³-hybridized carbons (Fsp3) is 0.258. The summed E-state index contributed by atoms with van der Waals surface area (Å²) in [6.45, 7) is -0.482. The fourth-order valence-corrected chi connectivity index (χ4v) is 5.11. The van der Waals surface area contributed by atoms with E-state index in [4.69, 9.17) is 19.3 Å². The second-order valence-corrected chi connectivity index (χ2v) is 9.47. The highest BCUT2D eigenvalue weighted by molar-refractivity contribution is 6.08. The molecule has 1 fully saturated rings. The highest BCUT2D eigenvalue weighted by atomic mass is 19.1. The van der Waals surface area contributed by atoms with Crippen molar-refractivity contribution in [2.45, 2.75) is 25.3 Å². The van der Waals surface area contributed by atoms with Crippen LogP contribution in [-0.2, 0) is 9.53 Å². The lowest BCUT2D eigenvalue weighted by molar-refractivity contribution is -0.137. The van der Waals surface area contributed by atoms with Gasteiger partial charge in [-0.3, -0.25) is 4.79 Å². The number of amides is 1. The van der Waals surface area contributed by atoms with Gasteiger partial charge in [0.1, 0.15) is 17.3 Å². The third kappa shape index (κ3) is 5.70. The predicted octanol–water partition coefficient (Wildman–Crippen LogP) is 5.82. The molecule has 200 valence electrons. The molecule has 1 saturated carbocycles. The minimum absolute atomic E-state index is 0.00612. The molecule has 3 aromatic rings. The van der Waals surface area contributed by atoms with Gasteiger partial charge >= 0.3 is 5.97 Å². The maximum absolute atomic E-state index is 13.4. The summed E-state index contributed by atoms with van der Waals surface area (Å²) < 4.78 is 29.1. The summed E-state index contributed by atoms with van der Waals surface area (Å²) in [6.07, 6.45) is 4.78. The van der Waals surface area contributed by atoms with Crippen LogP contribution in [0, 0.1) is 11.7 Å². The smallest absolute Gasteiger partial charge is 0.338 e. The number of nitrogens with zero attached hydrogens (tertiary/aromatic N) is 2. The fourth-order valence-electron chi connectivity index (χ4n) is 5.11. The van der Waals surface area contributed by atoms with Crippen LogP contribution in [0.15, 0.2) is 83.5 Å². The Morgan fingerprint density at radius 1 is 0.949 bits per heavy atom. The topological polar surface area (TPSA) is 77.4 Å². The summed E-state index contributed by atoms with van der Waals surface area (Å²) in [4.78, 5) is 25.9.